The molecule has 0 saturated carbocycles. The zero-order chi connectivity index (χ0) is 13.3. The van der Waals surface area contributed by atoms with Crippen LogP contribution in [0, 0.1) is 0 Å². The second kappa shape index (κ2) is 5.03. The molecular weight excluding hydrogens is 294 g/mol. The minimum absolute atomic E-state index is 0.00777. The smallest absolute Gasteiger partial charge is 0.134 e. The number of fused-ring (bicyclic) bond motifs is 1. The normalized spacial score (nSPS) is 15.2. The number of nitrogens with one attached hydrogen (secondary N) is 1. The molecule has 2 rings (SSSR count). The minimum atomic E-state index is -0.556. The highest BCUT2D eigenvalue weighted by Crippen LogP contribution is 2.29. The first-order valence-corrected chi connectivity index (χ1v) is 6.82. The van der Waals surface area contributed by atoms with E-state index in [0.29, 0.717) is 0 Å². The van der Waals surface area contributed by atoms with Crippen molar-refractivity contribution in [1.82, 2.24) is 5.32 Å². The quantitative estimate of drug-likeness (QED) is 0.909. The molecule has 0 radical (unpaired) electrons. The van der Waals surface area contributed by atoms with Gasteiger partial charge in [-0.1, -0.05) is 15.9 Å². The van der Waals surface area contributed by atoms with Crippen LogP contribution in [-0.2, 0) is 5.54 Å². The molecule has 2 aromatic rings. The Morgan fingerprint density at radius 2 is 2.11 bits per heavy atom. The molecule has 1 heterocycles. The van der Waals surface area contributed by atoms with Gasteiger partial charge in [-0.3, -0.25) is 0 Å². The van der Waals surface area contributed by atoms with Crippen LogP contribution >= 0.6 is 15.9 Å². The maximum atomic E-state index is 9.64. The van der Waals surface area contributed by atoms with E-state index in [2.05, 4.69) is 21.2 Å². The summed E-state index contributed by atoms with van der Waals surface area (Å²) in [7, 11) is 0. The van der Waals surface area contributed by atoms with Crippen molar-refractivity contribution < 1.29 is 9.52 Å². The van der Waals surface area contributed by atoms with Gasteiger partial charge in [0.25, 0.3) is 0 Å². The van der Waals surface area contributed by atoms with Crippen LogP contribution in [-0.4, -0.2) is 17.8 Å². The van der Waals surface area contributed by atoms with Gasteiger partial charge < -0.3 is 14.8 Å². The number of halogens is 1. The van der Waals surface area contributed by atoms with Gasteiger partial charge in [-0.2, -0.15) is 0 Å². The Balaban J connectivity index is 2.45. The summed E-state index contributed by atoms with van der Waals surface area (Å²) in [5.74, 6) is 0.756. The highest BCUT2D eigenvalue weighted by molar-refractivity contribution is 9.10. The van der Waals surface area contributed by atoms with Gasteiger partial charge in [0.1, 0.15) is 11.3 Å². The molecule has 4 heteroatoms. The zero-order valence-corrected chi connectivity index (χ0v) is 12.4. The van der Waals surface area contributed by atoms with Gasteiger partial charge in [0.15, 0.2) is 0 Å². The molecule has 0 aliphatic rings. The second-order valence-electron chi connectivity index (χ2n) is 5.08. The lowest BCUT2D eigenvalue weighted by Crippen LogP contribution is -2.46. The van der Waals surface area contributed by atoms with Crippen LogP contribution in [0.5, 0.6) is 0 Å². The topological polar surface area (TPSA) is 45.4 Å². The Labute approximate surface area is 115 Å². The Kier molecular flexibility index (Phi) is 3.80. The van der Waals surface area contributed by atoms with Gasteiger partial charge in [0, 0.05) is 15.9 Å². The molecule has 0 fully saturated rings. The summed E-state index contributed by atoms with van der Waals surface area (Å²) in [5.41, 5.74) is 0.276. The van der Waals surface area contributed by atoms with E-state index in [-0.39, 0.29) is 12.6 Å². The van der Waals surface area contributed by atoms with E-state index < -0.39 is 5.54 Å². The third-order valence-corrected chi connectivity index (χ3v) is 3.44. The molecule has 2 N–H and O–H groups in total. The molecule has 0 aliphatic heterocycles. The summed E-state index contributed by atoms with van der Waals surface area (Å²) in [5, 5.41) is 14.0. The second-order valence-corrected chi connectivity index (χ2v) is 6.00. The van der Waals surface area contributed by atoms with Gasteiger partial charge in [-0.15, -0.1) is 0 Å². The van der Waals surface area contributed by atoms with Crippen molar-refractivity contribution in [2.45, 2.75) is 32.4 Å². The van der Waals surface area contributed by atoms with E-state index in [9.17, 15) is 5.11 Å². The van der Waals surface area contributed by atoms with Crippen molar-refractivity contribution in [3.63, 3.8) is 0 Å². The standard InChI is InChI=1S/C14H18BrNO2/c1-9(2)16-14(3,8-17)13-7-10-6-11(15)4-5-12(10)18-13/h4-7,9,16-17H,8H2,1-3H3. The summed E-state index contributed by atoms with van der Waals surface area (Å²) < 4.78 is 6.86. The maximum absolute atomic E-state index is 9.64. The number of furan rings is 1. The van der Waals surface area contributed by atoms with Crippen molar-refractivity contribution in [3.8, 4) is 0 Å². The van der Waals surface area contributed by atoms with Gasteiger partial charge in [-0.25, -0.2) is 0 Å². The van der Waals surface area contributed by atoms with Crippen LogP contribution < -0.4 is 5.32 Å². The number of aliphatic hydroxyl groups excluding tert-OH is 1. The number of rotatable bonds is 4. The van der Waals surface area contributed by atoms with Gasteiger partial charge in [0.05, 0.1) is 12.1 Å². The Bertz CT molecular complexity index is 550. The molecule has 18 heavy (non-hydrogen) atoms. The molecule has 1 aromatic heterocycles. The van der Waals surface area contributed by atoms with Crippen LogP contribution in [0.2, 0.25) is 0 Å². The average Bonchev–Trinajstić information content (AvgIpc) is 2.71. The first-order valence-electron chi connectivity index (χ1n) is 6.03. The van der Waals surface area contributed by atoms with E-state index in [1.54, 1.807) is 0 Å². The lowest BCUT2D eigenvalue weighted by atomic mass is 9.98. The van der Waals surface area contributed by atoms with Gasteiger partial charge in [0.2, 0.25) is 0 Å². The van der Waals surface area contributed by atoms with E-state index in [4.69, 9.17) is 4.42 Å². The molecule has 3 nitrogen and oxygen atoms in total. The average molecular weight is 312 g/mol. The number of aliphatic hydroxyl groups is 1. The third-order valence-electron chi connectivity index (χ3n) is 2.95. The Hall–Kier alpha value is -0.840. The van der Waals surface area contributed by atoms with Crippen LogP contribution in [0.15, 0.2) is 33.2 Å². The lowest BCUT2D eigenvalue weighted by Gasteiger charge is -2.28. The van der Waals surface area contributed by atoms with Crippen molar-refractivity contribution in [2.75, 3.05) is 6.61 Å². The summed E-state index contributed by atoms with van der Waals surface area (Å²) in [4.78, 5) is 0. The fourth-order valence-corrected chi connectivity index (χ4v) is 2.50. The molecule has 1 atom stereocenters. The number of hydrogen-bond donors (Lipinski definition) is 2. The molecule has 0 aliphatic carbocycles. The highest BCUT2D eigenvalue weighted by Gasteiger charge is 2.30. The molecule has 0 spiro atoms. The molecule has 0 amide bonds. The Morgan fingerprint density at radius 1 is 1.39 bits per heavy atom. The van der Waals surface area contributed by atoms with Crippen LogP contribution in [0.1, 0.15) is 26.5 Å². The predicted molar refractivity (Wildman–Crippen MR) is 76.6 cm³/mol. The summed E-state index contributed by atoms with van der Waals surface area (Å²) >= 11 is 3.44. The SMILES string of the molecule is CC(C)NC(C)(CO)c1cc2cc(Br)ccc2o1. The van der Waals surface area contributed by atoms with E-state index in [1.165, 1.54) is 0 Å². The lowest BCUT2D eigenvalue weighted by molar-refractivity contribution is 0.146. The van der Waals surface area contributed by atoms with E-state index in [1.807, 2.05) is 45.0 Å². The van der Waals surface area contributed by atoms with E-state index >= 15 is 0 Å². The summed E-state index contributed by atoms with van der Waals surface area (Å²) in [6.07, 6.45) is 0. The molecule has 1 unspecified atom stereocenters. The molecule has 0 saturated heterocycles. The van der Waals surface area contributed by atoms with Crippen molar-refractivity contribution >= 4 is 26.9 Å². The van der Waals surface area contributed by atoms with Crippen LogP contribution in [0.4, 0.5) is 0 Å². The maximum Gasteiger partial charge on any atom is 0.134 e. The first-order chi connectivity index (χ1) is 8.44. The fraction of sp³-hybridized carbons (Fsp3) is 0.429. The number of hydrogen-bond acceptors (Lipinski definition) is 3. The van der Waals surface area contributed by atoms with Gasteiger partial charge >= 0.3 is 0 Å². The third kappa shape index (κ3) is 2.60. The zero-order valence-electron chi connectivity index (χ0n) is 10.8. The van der Waals surface area contributed by atoms with Crippen LogP contribution in [0.3, 0.4) is 0 Å². The Morgan fingerprint density at radius 3 is 2.72 bits per heavy atom. The van der Waals surface area contributed by atoms with Crippen LogP contribution in [0.25, 0.3) is 11.0 Å². The predicted octanol–water partition coefficient (Wildman–Crippen LogP) is 3.40. The largest absolute Gasteiger partial charge is 0.459 e. The monoisotopic (exact) mass is 311 g/mol. The molecule has 0 bridgehead atoms. The molecule has 1 aromatic carbocycles. The minimum Gasteiger partial charge on any atom is -0.459 e. The van der Waals surface area contributed by atoms with Crippen molar-refractivity contribution in [3.05, 3.63) is 34.5 Å². The summed E-state index contributed by atoms with van der Waals surface area (Å²) in [6, 6.07) is 8.13. The van der Waals surface area contributed by atoms with Crippen molar-refractivity contribution in [2.24, 2.45) is 0 Å². The first kappa shape index (κ1) is 13.6. The van der Waals surface area contributed by atoms with Gasteiger partial charge in [-0.05, 0) is 45.0 Å². The van der Waals surface area contributed by atoms with Crippen molar-refractivity contribution in [1.29, 1.82) is 0 Å². The molecule has 98 valence electrons. The number of benzene rings is 1. The molecular formula is C14H18BrNO2. The highest BCUT2D eigenvalue weighted by atomic mass is 79.9. The summed E-state index contributed by atoms with van der Waals surface area (Å²) in [6.45, 7) is 6.03. The fourth-order valence-electron chi connectivity index (χ4n) is 2.12. The van der Waals surface area contributed by atoms with E-state index in [0.717, 1.165) is 21.2 Å².